The maximum absolute atomic E-state index is 11.7. The van der Waals surface area contributed by atoms with Crippen LogP contribution < -0.4 is 9.62 Å². The smallest absolute Gasteiger partial charge is 0.233 e. The molecule has 7 nitrogen and oxygen atoms in total. The lowest BCUT2D eigenvalue weighted by Crippen LogP contribution is -2.38. The molecule has 0 radical (unpaired) electrons. The van der Waals surface area contributed by atoms with E-state index in [1.54, 1.807) is 13.0 Å². The van der Waals surface area contributed by atoms with Crippen molar-refractivity contribution in [2.45, 2.75) is 33.1 Å². The number of nitrogens with one attached hydrogen (secondary N) is 1. The van der Waals surface area contributed by atoms with Gasteiger partial charge in [-0.1, -0.05) is 18.5 Å². The molecule has 1 amide bonds. The van der Waals surface area contributed by atoms with Crippen LogP contribution in [0.25, 0.3) is 0 Å². The molecule has 1 rings (SSSR count). The van der Waals surface area contributed by atoms with Crippen LogP contribution in [-0.4, -0.2) is 38.8 Å². The second-order valence-corrected chi connectivity index (χ2v) is 6.49. The standard InChI is InChI=1S/C12H21N3O4S/c1-4-5-6-12(16)13-7-8-15(20(3,17)18)11-9-10(2)19-14-11/h9H,4-8H2,1-3H3,(H,13,16). The number of unbranched alkanes of at least 4 members (excludes halogenated alkanes) is 1. The number of rotatable bonds is 8. The Hall–Kier alpha value is -1.57. The quantitative estimate of drug-likeness (QED) is 0.775. The van der Waals surface area contributed by atoms with Gasteiger partial charge in [0.15, 0.2) is 5.82 Å². The van der Waals surface area contributed by atoms with Crippen LogP contribution in [0, 0.1) is 6.92 Å². The second-order valence-electron chi connectivity index (χ2n) is 4.58. The molecule has 0 atom stereocenters. The van der Waals surface area contributed by atoms with Crippen molar-refractivity contribution in [2.75, 3.05) is 23.7 Å². The van der Waals surface area contributed by atoms with Gasteiger partial charge in [0, 0.05) is 19.0 Å². The summed E-state index contributed by atoms with van der Waals surface area (Å²) in [6, 6.07) is 1.54. The van der Waals surface area contributed by atoms with Crippen molar-refractivity contribution >= 4 is 21.7 Å². The normalized spacial score (nSPS) is 11.3. The van der Waals surface area contributed by atoms with Crippen LogP contribution in [0.15, 0.2) is 10.6 Å². The molecule has 20 heavy (non-hydrogen) atoms. The van der Waals surface area contributed by atoms with Crippen molar-refractivity contribution in [2.24, 2.45) is 0 Å². The van der Waals surface area contributed by atoms with E-state index in [-0.39, 0.29) is 24.8 Å². The van der Waals surface area contributed by atoms with Crippen LogP contribution in [0.2, 0.25) is 0 Å². The zero-order chi connectivity index (χ0) is 15.2. The fourth-order valence-corrected chi connectivity index (χ4v) is 2.49. The number of nitrogens with zero attached hydrogens (tertiary/aromatic N) is 2. The molecule has 8 heteroatoms. The highest BCUT2D eigenvalue weighted by Crippen LogP contribution is 2.16. The van der Waals surface area contributed by atoms with Crippen molar-refractivity contribution in [1.82, 2.24) is 10.5 Å². The largest absolute Gasteiger partial charge is 0.360 e. The topological polar surface area (TPSA) is 92.5 Å². The summed E-state index contributed by atoms with van der Waals surface area (Å²) >= 11 is 0. The summed E-state index contributed by atoms with van der Waals surface area (Å²) in [4.78, 5) is 11.5. The number of carbonyl (C=O) groups is 1. The van der Waals surface area contributed by atoms with Crippen LogP contribution >= 0.6 is 0 Å². The van der Waals surface area contributed by atoms with Gasteiger partial charge in [0.1, 0.15) is 5.76 Å². The van der Waals surface area contributed by atoms with E-state index in [4.69, 9.17) is 4.52 Å². The Morgan fingerprint density at radius 3 is 2.70 bits per heavy atom. The third-order valence-electron chi connectivity index (χ3n) is 2.67. The first-order valence-corrected chi connectivity index (χ1v) is 8.37. The van der Waals surface area contributed by atoms with Crippen molar-refractivity contribution < 1.29 is 17.7 Å². The molecule has 0 aliphatic heterocycles. The van der Waals surface area contributed by atoms with Gasteiger partial charge in [-0.15, -0.1) is 0 Å². The average Bonchev–Trinajstić information content (AvgIpc) is 2.76. The number of aromatic nitrogens is 1. The van der Waals surface area contributed by atoms with E-state index in [9.17, 15) is 13.2 Å². The van der Waals surface area contributed by atoms with E-state index in [0.29, 0.717) is 12.2 Å². The minimum absolute atomic E-state index is 0.0726. The van der Waals surface area contributed by atoms with Gasteiger partial charge in [0.25, 0.3) is 0 Å². The van der Waals surface area contributed by atoms with Gasteiger partial charge in [-0.05, 0) is 13.3 Å². The fourth-order valence-electron chi connectivity index (χ4n) is 1.64. The first-order chi connectivity index (χ1) is 9.34. The van der Waals surface area contributed by atoms with Crippen LogP contribution in [0.3, 0.4) is 0 Å². The molecule has 0 saturated heterocycles. The minimum atomic E-state index is -3.46. The molecule has 0 aliphatic carbocycles. The predicted octanol–water partition coefficient (Wildman–Crippen LogP) is 1.06. The highest BCUT2D eigenvalue weighted by Gasteiger charge is 2.20. The third kappa shape index (κ3) is 5.20. The van der Waals surface area contributed by atoms with E-state index in [2.05, 4.69) is 10.5 Å². The molecule has 1 N–H and O–H groups in total. The molecule has 1 heterocycles. The Balaban J connectivity index is 2.58. The lowest BCUT2D eigenvalue weighted by molar-refractivity contribution is -0.121. The summed E-state index contributed by atoms with van der Waals surface area (Å²) in [7, 11) is -3.46. The molecule has 0 saturated carbocycles. The van der Waals surface area contributed by atoms with E-state index in [1.165, 1.54) is 0 Å². The molecule has 1 aromatic heterocycles. The van der Waals surface area contributed by atoms with Crippen molar-refractivity contribution in [3.8, 4) is 0 Å². The highest BCUT2D eigenvalue weighted by molar-refractivity contribution is 7.92. The van der Waals surface area contributed by atoms with Crippen molar-refractivity contribution in [1.29, 1.82) is 0 Å². The second kappa shape index (κ2) is 7.28. The molecule has 0 aliphatic rings. The Morgan fingerprint density at radius 2 is 2.20 bits per heavy atom. The van der Waals surface area contributed by atoms with Crippen LogP contribution in [0.1, 0.15) is 31.9 Å². The lowest BCUT2D eigenvalue weighted by atomic mass is 10.2. The first kappa shape index (κ1) is 16.5. The number of hydrogen-bond donors (Lipinski definition) is 1. The van der Waals surface area contributed by atoms with E-state index in [1.807, 2.05) is 6.92 Å². The fraction of sp³-hybridized carbons (Fsp3) is 0.667. The molecular formula is C12H21N3O4S. The SMILES string of the molecule is CCCCC(=O)NCCN(c1cc(C)on1)S(C)(=O)=O. The molecule has 1 aromatic rings. The summed E-state index contributed by atoms with van der Waals surface area (Å²) < 4.78 is 29.4. The molecule has 0 aromatic carbocycles. The van der Waals surface area contributed by atoms with Gasteiger partial charge in [-0.2, -0.15) is 0 Å². The van der Waals surface area contributed by atoms with Gasteiger partial charge in [0.2, 0.25) is 15.9 Å². The van der Waals surface area contributed by atoms with E-state index < -0.39 is 10.0 Å². The first-order valence-electron chi connectivity index (χ1n) is 6.52. The number of amides is 1. The van der Waals surface area contributed by atoms with Crippen molar-refractivity contribution in [3.05, 3.63) is 11.8 Å². The van der Waals surface area contributed by atoms with Gasteiger partial charge in [-0.3, -0.25) is 4.79 Å². The summed E-state index contributed by atoms with van der Waals surface area (Å²) in [6.45, 7) is 4.05. The predicted molar refractivity (Wildman–Crippen MR) is 76.0 cm³/mol. The Bertz CT molecular complexity index is 539. The van der Waals surface area contributed by atoms with E-state index in [0.717, 1.165) is 23.4 Å². The van der Waals surface area contributed by atoms with Gasteiger partial charge in [-0.25, -0.2) is 12.7 Å². The molecular weight excluding hydrogens is 282 g/mol. The number of hydrogen-bond acceptors (Lipinski definition) is 5. The number of carbonyl (C=O) groups excluding carboxylic acids is 1. The molecule has 0 spiro atoms. The summed E-state index contributed by atoms with van der Waals surface area (Å²) in [5.41, 5.74) is 0. The molecule has 114 valence electrons. The zero-order valence-electron chi connectivity index (χ0n) is 12.0. The summed E-state index contributed by atoms with van der Waals surface area (Å²) in [6.07, 6.45) is 3.32. The number of aryl methyl sites for hydroxylation is 1. The van der Waals surface area contributed by atoms with Crippen LogP contribution in [0.5, 0.6) is 0 Å². The summed E-state index contributed by atoms with van der Waals surface area (Å²) in [5.74, 6) is 0.685. The Kier molecular flexibility index (Phi) is 6.00. The van der Waals surface area contributed by atoms with Crippen molar-refractivity contribution in [3.63, 3.8) is 0 Å². The zero-order valence-corrected chi connectivity index (χ0v) is 12.9. The molecule has 0 fully saturated rings. The highest BCUT2D eigenvalue weighted by atomic mass is 32.2. The van der Waals surface area contributed by atoms with Gasteiger partial charge < -0.3 is 9.84 Å². The van der Waals surface area contributed by atoms with Crippen LogP contribution in [-0.2, 0) is 14.8 Å². The Morgan fingerprint density at radius 1 is 1.50 bits per heavy atom. The minimum Gasteiger partial charge on any atom is -0.360 e. The lowest BCUT2D eigenvalue weighted by Gasteiger charge is -2.19. The molecule has 0 bridgehead atoms. The third-order valence-corrected chi connectivity index (χ3v) is 3.84. The van der Waals surface area contributed by atoms with E-state index >= 15 is 0 Å². The van der Waals surface area contributed by atoms with Gasteiger partial charge >= 0.3 is 0 Å². The maximum atomic E-state index is 11.7. The average molecular weight is 303 g/mol. The Labute approximate surface area is 119 Å². The number of anilines is 1. The molecule has 0 unspecified atom stereocenters. The van der Waals surface area contributed by atoms with Crippen LogP contribution in [0.4, 0.5) is 5.82 Å². The summed E-state index contributed by atoms with van der Waals surface area (Å²) in [5, 5.41) is 6.38. The maximum Gasteiger partial charge on any atom is 0.233 e. The number of sulfonamides is 1. The monoisotopic (exact) mass is 303 g/mol. The van der Waals surface area contributed by atoms with Gasteiger partial charge in [0.05, 0.1) is 12.8 Å².